The SMILES string of the molecule is Cc1cc(NC(=O)c2ccc(F)c(C(F)(F)C(=O)N3[C@@H](CO)CC(O)C[C@H]3C)c2)ccc1F. The molecule has 0 spiro atoms. The minimum Gasteiger partial charge on any atom is -0.394 e. The van der Waals surface area contributed by atoms with Gasteiger partial charge in [-0.2, -0.15) is 8.78 Å². The molecule has 1 heterocycles. The van der Waals surface area contributed by atoms with Gasteiger partial charge in [-0.25, -0.2) is 8.78 Å². The van der Waals surface area contributed by atoms with Crippen LogP contribution in [-0.2, 0) is 10.7 Å². The first-order chi connectivity index (χ1) is 15.4. The summed E-state index contributed by atoms with van der Waals surface area (Å²) in [4.78, 5) is 26.1. The fraction of sp³-hybridized carbons (Fsp3) is 0.391. The van der Waals surface area contributed by atoms with Crippen molar-refractivity contribution in [3.8, 4) is 0 Å². The maximum Gasteiger partial charge on any atom is 0.352 e. The second kappa shape index (κ2) is 9.48. The lowest BCUT2D eigenvalue weighted by Gasteiger charge is -2.43. The number of nitrogens with zero attached hydrogens (tertiary/aromatic N) is 1. The molecule has 33 heavy (non-hydrogen) atoms. The number of rotatable bonds is 5. The van der Waals surface area contributed by atoms with Crippen molar-refractivity contribution in [2.24, 2.45) is 0 Å². The van der Waals surface area contributed by atoms with Gasteiger partial charge in [-0.1, -0.05) is 0 Å². The van der Waals surface area contributed by atoms with Gasteiger partial charge in [0.2, 0.25) is 0 Å². The van der Waals surface area contributed by atoms with E-state index >= 15 is 8.78 Å². The Hall–Kier alpha value is -2.98. The fourth-order valence-corrected chi connectivity index (χ4v) is 4.03. The predicted octanol–water partition coefficient (Wildman–Crippen LogP) is 3.35. The monoisotopic (exact) mass is 468 g/mol. The van der Waals surface area contributed by atoms with Crippen LogP contribution in [0.15, 0.2) is 36.4 Å². The van der Waals surface area contributed by atoms with Crippen molar-refractivity contribution in [2.75, 3.05) is 11.9 Å². The molecular weight excluding hydrogens is 444 g/mol. The Morgan fingerprint density at radius 3 is 2.42 bits per heavy atom. The van der Waals surface area contributed by atoms with Crippen LogP contribution in [0, 0.1) is 18.6 Å². The van der Waals surface area contributed by atoms with E-state index < -0.39 is 59.7 Å². The minimum atomic E-state index is -4.34. The number of aryl methyl sites for hydroxylation is 1. The van der Waals surface area contributed by atoms with Crippen molar-refractivity contribution < 1.29 is 37.4 Å². The average Bonchev–Trinajstić information content (AvgIpc) is 2.75. The highest BCUT2D eigenvalue weighted by Gasteiger charge is 2.50. The number of piperidine rings is 1. The largest absolute Gasteiger partial charge is 0.394 e. The van der Waals surface area contributed by atoms with Gasteiger partial charge in [-0.05, 0) is 68.7 Å². The molecule has 1 unspecified atom stereocenters. The van der Waals surface area contributed by atoms with E-state index in [9.17, 15) is 28.6 Å². The van der Waals surface area contributed by atoms with Gasteiger partial charge >= 0.3 is 5.92 Å². The van der Waals surface area contributed by atoms with Crippen LogP contribution in [0.1, 0.15) is 41.3 Å². The highest BCUT2D eigenvalue weighted by molar-refractivity contribution is 6.04. The van der Waals surface area contributed by atoms with Gasteiger partial charge in [0, 0.05) is 17.3 Å². The van der Waals surface area contributed by atoms with Gasteiger partial charge in [0.25, 0.3) is 11.8 Å². The van der Waals surface area contributed by atoms with Crippen LogP contribution in [-0.4, -0.2) is 51.7 Å². The number of halogens is 4. The number of aliphatic hydroxyl groups excluding tert-OH is 2. The quantitative estimate of drug-likeness (QED) is 0.588. The number of likely N-dealkylation sites (tertiary alicyclic amines) is 1. The van der Waals surface area contributed by atoms with E-state index in [0.29, 0.717) is 12.1 Å². The molecule has 0 saturated carbocycles. The number of hydrogen-bond acceptors (Lipinski definition) is 4. The summed E-state index contributed by atoms with van der Waals surface area (Å²) in [6.07, 6.45) is -0.931. The van der Waals surface area contributed by atoms with E-state index in [4.69, 9.17) is 0 Å². The topological polar surface area (TPSA) is 89.9 Å². The van der Waals surface area contributed by atoms with Crippen molar-refractivity contribution in [1.82, 2.24) is 4.90 Å². The van der Waals surface area contributed by atoms with Crippen molar-refractivity contribution in [3.05, 3.63) is 64.7 Å². The Morgan fingerprint density at radius 1 is 1.12 bits per heavy atom. The lowest BCUT2D eigenvalue weighted by Crippen LogP contribution is -2.57. The summed E-state index contributed by atoms with van der Waals surface area (Å²) in [6.45, 7) is 2.28. The van der Waals surface area contributed by atoms with E-state index in [2.05, 4.69) is 5.32 Å². The number of hydrogen-bond donors (Lipinski definition) is 3. The van der Waals surface area contributed by atoms with Gasteiger partial charge in [0.1, 0.15) is 11.6 Å². The lowest BCUT2D eigenvalue weighted by molar-refractivity contribution is -0.170. The van der Waals surface area contributed by atoms with E-state index in [1.54, 1.807) is 0 Å². The number of amides is 2. The molecule has 0 radical (unpaired) electrons. The Bertz CT molecular complexity index is 1060. The summed E-state index contributed by atoms with van der Waals surface area (Å²) in [7, 11) is 0. The van der Waals surface area contributed by atoms with E-state index in [1.165, 1.54) is 26.0 Å². The molecule has 6 nitrogen and oxygen atoms in total. The molecule has 178 valence electrons. The number of benzene rings is 2. The molecular formula is C23H24F4N2O4. The number of anilines is 1. The number of alkyl halides is 2. The van der Waals surface area contributed by atoms with Crippen LogP contribution in [0.2, 0.25) is 0 Å². The maximum atomic E-state index is 15.2. The summed E-state index contributed by atoms with van der Waals surface area (Å²) in [5.41, 5.74) is -1.16. The molecule has 10 heteroatoms. The number of carbonyl (C=O) groups excluding carboxylic acids is 2. The summed E-state index contributed by atoms with van der Waals surface area (Å²) in [5, 5.41) is 21.8. The zero-order valence-corrected chi connectivity index (χ0v) is 18.0. The second-order valence-corrected chi connectivity index (χ2v) is 8.21. The molecule has 0 aromatic heterocycles. The predicted molar refractivity (Wildman–Crippen MR) is 112 cm³/mol. The molecule has 1 saturated heterocycles. The first kappa shape index (κ1) is 24.7. The third-order valence-electron chi connectivity index (χ3n) is 5.72. The summed E-state index contributed by atoms with van der Waals surface area (Å²) in [6, 6.07) is 4.12. The Balaban J connectivity index is 1.90. The molecule has 1 aliphatic rings. The number of aliphatic hydroxyl groups is 2. The Morgan fingerprint density at radius 2 is 1.79 bits per heavy atom. The normalized spacial score (nSPS) is 21.1. The summed E-state index contributed by atoms with van der Waals surface area (Å²) >= 11 is 0. The zero-order valence-electron chi connectivity index (χ0n) is 18.0. The summed E-state index contributed by atoms with van der Waals surface area (Å²) < 4.78 is 58.2. The van der Waals surface area contributed by atoms with Crippen molar-refractivity contribution in [3.63, 3.8) is 0 Å². The number of nitrogens with one attached hydrogen (secondary N) is 1. The van der Waals surface area contributed by atoms with Gasteiger partial charge in [-0.3, -0.25) is 9.59 Å². The highest BCUT2D eigenvalue weighted by Crippen LogP contribution is 2.36. The first-order valence-corrected chi connectivity index (χ1v) is 10.3. The van der Waals surface area contributed by atoms with Crippen molar-refractivity contribution >= 4 is 17.5 Å². The molecule has 0 bridgehead atoms. The summed E-state index contributed by atoms with van der Waals surface area (Å²) in [5.74, 6) is -8.79. The first-order valence-electron chi connectivity index (χ1n) is 10.3. The molecule has 3 atom stereocenters. The lowest BCUT2D eigenvalue weighted by atomic mass is 9.92. The molecule has 2 aromatic rings. The van der Waals surface area contributed by atoms with Crippen molar-refractivity contribution in [2.45, 2.75) is 50.8 Å². The van der Waals surface area contributed by atoms with E-state index in [1.807, 2.05) is 0 Å². The minimum absolute atomic E-state index is 0.0281. The third kappa shape index (κ3) is 5.01. The molecule has 0 aliphatic carbocycles. The Labute approximate surface area is 187 Å². The van der Waals surface area contributed by atoms with Crippen LogP contribution in [0.3, 0.4) is 0 Å². The average molecular weight is 468 g/mol. The van der Waals surface area contributed by atoms with E-state index in [-0.39, 0.29) is 29.7 Å². The van der Waals surface area contributed by atoms with Gasteiger partial charge in [-0.15, -0.1) is 0 Å². The molecule has 3 rings (SSSR count). The van der Waals surface area contributed by atoms with Crippen LogP contribution in [0.25, 0.3) is 0 Å². The molecule has 1 aliphatic heterocycles. The second-order valence-electron chi connectivity index (χ2n) is 8.21. The molecule has 1 fully saturated rings. The molecule has 2 aromatic carbocycles. The van der Waals surface area contributed by atoms with E-state index in [0.717, 1.165) is 17.0 Å². The molecule has 3 N–H and O–H groups in total. The van der Waals surface area contributed by atoms with Gasteiger partial charge < -0.3 is 20.4 Å². The van der Waals surface area contributed by atoms with Crippen LogP contribution >= 0.6 is 0 Å². The van der Waals surface area contributed by atoms with Crippen molar-refractivity contribution in [1.29, 1.82) is 0 Å². The standard InChI is InChI=1S/C23H24F4N2O4/c1-12-7-15(4-6-19(12)24)28-21(32)14-3-5-20(25)18(9-14)23(26,27)22(33)29-13(2)8-17(31)10-16(29)11-30/h3-7,9,13,16-17,30-31H,8,10-11H2,1-2H3,(H,28,32)/t13-,16-,17?/m1/s1. The van der Waals surface area contributed by atoms with Gasteiger partial charge in [0.05, 0.1) is 24.3 Å². The maximum absolute atomic E-state index is 15.2. The molecule has 2 amide bonds. The van der Waals surface area contributed by atoms with Crippen LogP contribution < -0.4 is 5.32 Å². The van der Waals surface area contributed by atoms with Crippen LogP contribution in [0.5, 0.6) is 0 Å². The van der Waals surface area contributed by atoms with Crippen LogP contribution in [0.4, 0.5) is 23.2 Å². The highest BCUT2D eigenvalue weighted by atomic mass is 19.3. The zero-order chi connectivity index (χ0) is 24.5. The fourth-order valence-electron chi connectivity index (χ4n) is 4.03. The number of carbonyl (C=O) groups is 2. The third-order valence-corrected chi connectivity index (χ3v) is 5.72. The smallest absolute Gasteiger partial charge is 0.352 e. The Kier molecular flexibility index (Phi) is 7.08. The van der Waals surface area contributed by atoms with Gasteiger partial charge in [0.15, 0.2) is 0 Å².